The van der Waals surface area contributed by atoms with Crippen molar-refractivity contribution in [1.82, 2.24) is 24.5 Å². The third kappa shape index (κ3) is 6.91. The maximum Gasteiger partial charge on any atom is 0.160 e. The predicted molar refractivity (Wildman–Crippen MR) is 255 cm³/mol. The summed E-state index contributed by atoms with van der Waals surface area (Å²) in [6.45, 7) is 2.13. The normalized spacial score (nSPS) is 11.3. The monoisotopic (exact) mass is 793 g/mol. The highest BCUT2D eigenvalue weighted by Gasteiger charge is 2.21. The van der Waals surface area contributed by atoms with Gasteiger partial charge in [-0.15, -0.1) is 0 Å². The van der Waals surface area contributed by atoms with E-state index in [2.05, 4.69) is 169 Å². The van der Waals surface area contributed by atoms with Gasteiger partial charge in [0.2, 0.25) is 0 Å². The lowest BCUT2D eigenvalue weighted by Crippen LogP contribution is -2.02. The van der Waals surface area contributed by atoms with E-state index in [1.54, 1.807) is 0 Å². The van der Waals surface area contributed by atoms with Crippen molar-refractivity contribution in [2.45, 2.75) is 6.92 Å². The molecular weight excluding hydrogens is 755 g/mol. The van der Waals surface area contributed by atoms with Crippen LogP contribution >= 0.6 is 0 Å². The first-order valence-electron chi connectivity index (χ1n) is 20.9. The molecule has 0 bridgehead atoms. The van der Waals surface area contributed by atoms with Crippen LogP contribution in [0.5, 0.6) is 0 Å². The number of hydrogen-bond donors (Lipinski definition) is 0. The Hall–Kier alpha value is -8.28. The lowest BCUT2D eigenvalue weighted by atomic mass is 10.0. The zero-order chi connectivity index (χ0) is 41.4. The first-order chi connectivity index (χ1) is 30.6. The van der Waals surface area contributed by atoms with Crippen LogP contribution in [0.3, 0.4) is 0 Å². The Balaban J connectivity index is 1.19. The fourth-order valence-electron chi connectivity index (χ4n) is 8.38. The van der Waals surface area contributed by atoms with Gasteiger partial charge in [0.05, 0.1) is 39.5 Å². The highest BCUT2D eigenvalue weighted by atomic mass is 15.0. The van der Waals surface area contributed by atoms with Gasteiger partial charge in [0, 0.05) is 44.2 Å². The molecule has 5 nitrogen and oxygen atoms in total. The molecule has 3 aromatic heterocycles. The molecule has 0 saturated heterocycles. The van der Waals surface area contributed by atoms with Crippen molar-refractivity contribution in [2.75, 3.05) is 0 Å². The molecule has 0 aliphatic carbocycles. The maximum atomic E-state index is 5.39. The largest absolute Gasteiger partial charge is 0.309 e. The summed E-state index contributed by atoms with van der Waals surface area (Å²) < 4.78 is 2.38. The van der Waals surface area contributed by atoms with Crippen molar-refractivity contribution >= 4 is 21.8 Å². The van der Waals surface area contributed by atoms with Gasteiger partial charge in [-0.25, -0.2) is 19.9 Å². The van der Waals surface area contributed by atoms with Crippen LogP contribution in [0.1, 0.15) is 5.56 Å². The molecule has 0 spiro atoms. The average molecular weight is 794 g/mol. The van der Waals surface area contributed by atoms with Crippen molar-refractivity contribution < 1.29 is 0 Å². The molecular formula is C57H39N5. The fourth-order valence-corrected chi connectivity index (χ4v) is 8.38. The van der Waals surface area contributed by atoms with Gasteiger partial charge in [-0.05, 0) is 66.6 Å². The summed E-state index contributed by atoms with van der Waals surface area (Å²) in [6.07, 6.45) is 0. The number of rotatable bonds is 8. The quantitative estimate of drug-likeness (QED) is 0.154. The minimum absolute atomic E-state index is 0.628. The first kappa shape index (κ1) is 36.8. The topological polar surface area (TPSA) is 56.5 Å². The second-order valence-corrected chi connectivity index (χ2v) is 15.6. The van der Waals surface area contributed by atoms with E-state index in [-0.39, 0.29) is 0 Å². The van der Waals surface area contributed by atoms with E-state index in [0.29, 0.717) is 11.6 Å². The van der Waals surface area contributed by atoms with Gasteiger partial charge in [-0.3, -0.25) is 0 Å². The van der Waals surface area contributed by atoms with E-state index >= 15 is 0 Å². The number of hydrogen-bond acceptors (Lipinski definition) is 4. The SMILES string of the molecule is Cc1ccc(-c2ccc3c(c2)c2ccccc2n3-c2ccc(-c3nc(-c4ccccc4)cc(-c4ccccc4)n3)cc2-c2cc(-c3ccccc3)nc(-c3ccccc3)n2)cc1. The molecule has 0 amide bonds. The fraction of sp³-hybridized carbons (Fsp3) is 0.0175. The number of aryl methyl sites for hydroxylation is 1. The third-order valence-corrected chi connectivity index (χ3v) is 11.5. The van der Waals surface area contributed by atoms with Crippen molar-refractivity contribution in [3.05, 3.63) is 224 Å². The molecule has 0 atom stereocenters. The Bertz CT molecular complexity index is 3260. The summed E-state index contributed by atoms with van der Waals surface area (Å²) >= 11 is 0. The van der Waals surface area contributed by atoms with E-state index in [1.807, 2.05) is 60.7 Å². The maximum absolute atomic E-state index is 5.39. The molecule has 0 fully saturated rings. The molecule has 3 heterocycles. The molecule has 0 aliphatic heterocycles. The Morgan fingerprint density at radius 2 is 0.758 bits per heavy atom. The van der Waals surface area contributed by atoms with Crippen LogP contribution in [0.4, 0.5) is 0 Å². The Kier molecular flexibility index (Phi) is 9.32. The van der Waals surface area contributed by atoms with Crippen molar-refractivity contribution in [2.24, 2.45) is 0 Å². The van der Waals surface area contributed by atoms with Gasteiger partial charge in [0.25, 0.3) is 0 Å². The average Bonchev–Trinajstić information content (AvgIpc) is 3.68. The van der Waals surface area contributed by atoms with E-state index in [9.17, 15) is 0 Å². The van der Waals surface area contributed by atoms with Crippen molar-refractivity contribution in [3.8, 4) is 84.6 Å². The van der Waals surface area contributed by atoms with E-state index < -0.39 is 0 Å². The van der Waals surface area contributed by atoms with Gasteiger partial charge >= 0.3 is 0 Å². The van der Waals surface area contributed by atoms with Gasteiger partial charge < -0.3 is 4.57 Å². The number of nitrogens with zero attached hydrogens (tertiary/aromatic N) is 5. The second-order valence-electron chi connectivity index (χ2n) is 15.6. The summed E-state index contributed by atoms with van der Waals surface area (Å²) in [6, 6.07) is 76.2. The number of fused-ring (bicyclic) bond motifs is 3. The standard InChI is InChI=1S/C57H39N5/c1-38-26-28-39(29-27-38)44-30-32-54-47(34-44)46-24-14-15-25-53(46)62(54)55-33-31-45(57-59-49(40-16-6-2-7-17-40)36-50(60-57)41-18-8-3-9-19-41)35-48(55)52-37-51(42-20-10-4-11-21-42)58-56(61-52)43-22-12-5-13-23-43/h2-37H,1H3. The first-order valence-corrected chi connectivity index (χ1v) is 20.9. The summed E-state index contributed by atoms with van der Waals surface area (Å²) in [5.74, 6) is 1.28. The van der Waals surface area contributed by atoms with E-state index in [0.717, 1.165) is 72.9 Å². The van der Waals surface area contributed by atoms with Crippen LogP contribution in [-0.2, 0) is 0 Å². The highest BCUT2D eigenvalue weighted by molar-refractivity contribution is 6.11. The lowest BCUT2D eigenvalue weighted by Gasteiger charge is -2.17. The van der Waals surface area contributed by atoms with E-state index in [4.69, 9.17) is 19.9 Å². The summed E-state index contributed by atoms with van der Waals surface area (Å²) in [7, 11) is 0. The van der Waals surface area contributed by atoms with Crippen LogP contribution in [0.2, 0.25) is 0 Å². The molecule has 292 valence electrons. The number of para-hydroxylation sites is 1. The van der Waals surface area contributed by atoms with Crippen LogP contribution in [0.15, 0.2) is 218 Å². The summed E-state index contributed by atoms with van der Waals surface area (Å²) in [4.78, 5) is 21.1. The molecule has 0 N–H and O–H groups in total. The molecule has 5 heteroatoms. The second kappa shape index (κ2) is 15.7. The molecule has 8 aromatic carbocycles. The van der Waals surface area contributed by atoms with Gasteiger partial charge in [-0.2, -0.15) is 0 Å². The summed E-state index contributed by atoms with van der Waals surface area (Å²) in [5.41, 5.74) is 15.9. The van der Waals surface area contributed by atoms with Crippen LogP contribution in [-0.4, -0.2) is 24.5 Å². The van der Waals surface area contributed by atoms with Crippen LogP contribution in [0.25, 0.3) is 106 Å². The molecule has 0 radical (unpaired) electrons. The minimum atomic E-state index is 0.628. The number of aromatic nitrogens is 5. The molecule has 11 rings (SSSR count). The zero-order valence-electron chi connectivity index (χ0n) is 34.0. The minimum Gasteiger partial charge on any atom is -0.309 e. The van der Waals surface area contributed by atoms with Gasteiger partial charge in [0.1, 0.15) is 0 Å². The summed E-state index contributed by atoms with van der Waals surface area (Å²) in [5, 5.41) is 2.35. The lowest BCUT2D eigenvalue weighted by molar-refractivity contribution is 1.14. The van der Waals surface area contributed by atoms with Crippen LogP contribution < -0.4 is 0 Å². The zero-order valence-corrected chi connectivity index (χ0v) is 34.0. The van der Waals surface area contributed by atoms with Crippen LogP contribution in [0, 0.1) is 6.92 Å². The predicted octanol–water partition coefficient (Wildman–Crippen LogP) is 14.3. The highest BCUT2D eigenvalue weighted by Crippen LogP contribution is 2.40. The smallest absolute Gasteiger partial charge is 0.160 e. The van der Waals surface area contributed by atoms with Crippen molar-refractivity contribution in [1.29, 1.82) is 0 Å². The van der Waals surface area contributed by atoms with Crippen molar-refractivity contribution in [3.63, 3.8) is 0 Å². The molecule has 0 aliphatic rings. The molecule has 0 unspecified atom stereocenters. The number of benzene rings is 8. The Morgan fingerprint density at radius 1 is 0.306 bits per heavy atom. The Labute approximate surface area is 360 Å². The Morgan fingerprint density at radius 3 is 1.35 bits per heavy atom. The molecule has 62 heavy (non-hydrogen) atoms. The third-order valence-electron chi connectivity index (χ3n) is 11.5. The van der Waals surface area contributed by atoms with Gasteiger partial charge in [0.15, 0.2) is 11.6 Å². The molecule has 11 aromatic rings. The molecule has 0 saturated carbocycles. The van der Waals surface area contributed by atoms with E-state index in [1.165, 1.54) is 27.5 Å². The van der Waals surface area contributed by atoms with Gasteiger partial charge in [-0.1, -0.05) is 175 Å².